The number of aromatic nitrogens is 6. The number of nitrogens with one attached hydrogen (secondary N) is 2. The predicted molar refractivity (Wildman–Crippen MR) is 320 cm³/mol. The zero-order valence-electron chi connectivity index (χ0n) is 49.9. The number of hydrogen-bond acceptors (Lipinski definition) is 18. The molecular weight excluding hydrogens is 1100 g/mol. The first kappa shape index (κ1) is 62.4. The summed E-state index contributed by atoms with van der Waals surface area (Å²) in [5.74, 6) is -2.04. The van der Waals surface area contributed by atoms with Gasteiger partial charge in [-0.05, 0) is 113 Å². The number of nitro groups is 1. The van der Waals surface area contributed by atoms with Crippen LogP contribution < -0.4 is 11.1 Å². The highest BCUT2D eigenvalue weighted by Crippen LogP contribution is 2.41. The maximum atomic E-state index is 14.0. The Labute approximate surface area is 497 Å². The number of nitro benzene ring substituents is 1. The van der Waals surface area contributed by atoms with Crippen LogP contribution in [-0.2, 0) is 49.0 Å². The lowest BCUT2D eigenvalue weighted by atomic mass is 9.80. The topological polar surface area (TPSA) is 273 Å². The molecule has 0 saturated carbocycles. The van der Waals surface area contributed by atoms with E-state index in [9.17, 15) is 34.4 Å². The summed E-state index contributed by atoms with van der Waals surface area (Å²) in [6.45, 7) is 15.1. The highest BCUT2D eigenvalue weighted by atomic mass is 16.6. The number of H-pyrrole nitrogens is 1. The van der Waals surface area contributed by atoms with E-state index >= 15 is 0 Å². The molecule has 1 aliphatic heterocycles. The number of allylic oxidation sites excluding steroid dienone is 2. The number of rotatable bonds is 22. The molecule has 1 unspecified atom stereocenters. The predicted octanol–water partition coefficient (Wildman–Crippen LogP) is 10.6. The van der Waals surface area contributed by atoms with Crippen molar-refractivity contribution in [3.05, 3.63) is 228 Å². The molecule has 21 heteroatoms. The quantitative estimate of drug-likeness (QED) is 0.0246. The van der Waals surface area contributed by atoms with Crippen molar-refractivity contribution in [2.45, 2.75) is 111 Å². The number of nitrogens with zero attached hydrogens (tertiary/aromatic N) is 7. The molecule has 0 aliphatic carbocycles. The Bertz CT molecular complexity index is 3760. The maximum Gasteiger partial charge on any atom is 0.519 e. The van der Waals surface area contributed by atoms with E-state index in [0.29, 0.717) is 48.1 Å². The van der Waals surface area contributed by atoms with Gasteiger partial charge in [0.05, 0.1) is 29.1 Å². The Morgan fingerprint density at radius 3 is 2.02 bits per heavy atom. The number of non-ortho nitro benzene ring substituents is 1. The van der Waals surface area contributed by atoms with E-state index in [2.05, 4.69) is 84.4 Å². The van der Waals surface area contributed by atoms with Crippen molar-refractivity contribution >= 4 is 23.6 Å². The van der Waals surface area contributed by atoms with Gasteiger partial charge < -0.3 is 42.9 Å². The molecule has 0 bridgehead atoms. The van der Waals surface area contributed by atoms with Gasteiger partial charge in [0.2, 0.25) is 5.82 Å². The Kier molecular flexibility index (Phi) is 19.9. The first-order chi connectivity index (χ1) is 41.1. The first-order valence-electron chi connectivity index (χ1n) is 28.1. The third kappa shape index (κ3) is 15.0. The summed E-state index contributed by atoms with van der Waals surface area (Å²) in [7, 11) is 3.26. The molecule has 3 aromatic heterocycles. The van der Waals surface area contributed by atoms with Crippen molar-refractivity contribution in [1.29, 1.82) is 0 Å². The molecule has 1 atom stereocenters. The van der Waals surface area contributed by atoms with E-state index in [1.54, 1.807) is 45.3 Å². The molecule has 4 heterocycles. The van der Waals surface area contributed by atoms with Gasteiger partial charge in [-0.25, -0.2) is 24.2 Å². The van der Waals surface area contributed by atoms with E-state index in [0.717, 1.165) is 41.6 Å². The molecule has 86 heavy (non-hydrogen) atoms. The molecule has 5 aromatic carbocycles. The number of aliphatic hydroxyl groups is 1. The summed E-state index contributed by atoms with van der Waals surface area (Å²) >= 11 is 0. The molecule has 3 N–H and O–H groups in total. The van der Waals surface area contributed by atoms with Crippen molar-refractivity contribution in [1.82, 2.24) is 40.4 Å². The summed E-state index contributed by atoms with van der Waals surface area (Å²) in [6, 6.07) is 42.5. The van der Waals surface area contributed by atoms with E-state index in [1.807, 2.05) is 88.5 Å². The largest absolute Gasteiger partial charge is 0.519 e. The lowest BCUT2D eigenvalue weighted by molar-refractivity contribution is -0.384. The van der Waals surface area contributed by atoms with Gasteiger partial charge in [-0.2, -0.15) is 5.21 Å². The molecule has 0 spiro atoms. The fraction of sp³-hybridized carbons (Fsp3) is 0.323. The van der Waals surface area contributed by atoms with Crippen LogP contribution in [0.2, 0.25) is 0 Å². The molecule has 1 aliphatic rings. The molecular formula is C65H71N9O12. The highest BCUT2D eigenvalue weighted by Gasteiger charge is 2.40. The Morgan fingerprint density at radius 1 is 0.826 bits per heavy atom. The van der Waals surface area contributed by atoms with E-state index in [-0.39, 0.29) is 52.3 Å². The summed E-state index contributed by atoms with van der Waals surface area (Å²) in [4.78, 5) is 69.7. The third-order valence-corrected chi connectivity index (χ3v) is 14.6. The van der Waals surface area contributed by atoms with E-state index in [4.69, 9.17) is 23.0 Å². The zero-order chi connectivity index (χ0) is 61.9. The minimum Gasteiger partial charge on any atom is -0.466 e. The highest BCUT2D eigenvalue weighted by molar-refractivity contribution is 6.00. The van der Waals surface area contributed by atoms with Crippen LogP contribution in [0.3, 0.4) is 0 Å². The monoisotopic (exact) mass is 1170 g/mol. The van der Waals surface area contributed by atoms with Crippen molar-refractivity contribution in [3.8, 4) is 22.5 Å². The van der Waals surface area contributed by atoms with Crippen molar-refractivity contribution < 1.29 is 47.5 Å². The van der Waals surface area contributed by atoms with Crippen LogP contribution in [0, 0.1) is 17.0 Å². The van der Waals surface area contributed by atoms with Gasteiger partial charge in [0.1, 0.15) is 22.7 Å². The SMILES string of the molecule is CCCc1nc(C(C)(C)O)c(C(=O)OCc2oc(=O)oc2C)n1Cc1ccc(-c2ccccc2-c2nn[nH]n2)cc1.COC(=O)C1=C(C)NC(C)=C(C(=O)OC(C)(C)CN(C)CCC(c2ccccc2)c2ccccc2)C1c1cccc([N+](=O)[O-])c1. The Hall–Kier alpha value is -9.60. The van der Waals surface area contributed by atoms with E-state index in [1.165, 1.54) is 36.4 Å². The molecule has 21 nitrogen and oxygen atoms in total. The summed E-state index contributed by atoms with van der Waals surface area (Å²) in [5, 5.41) is 40.0. The maximum absolute atomic E-state index is 14.0. The van der Waals surface area contributed by atoms with Crippen LogP contribution in [0.5, 0.6) is 0 Å². The van der Waals surface area contributed by atoms with Crippen LogP contribution in [0.4, 0.5) is 5.69 Å². The fourth-order valence-electron chi connectivity index (χ4n) is 10.7. The molecule has 0 fully saturated rings. The Morgan fingerprint density at radius 2 is 1.45 bits per heavy atom. The second-order valence-corrected chi connectivity index (χ2v) is 22.1. The molecule has 448 valence electrons. The van der Waals surface area contributed by atoms with Crippen LogP contribution in [0.25, 0.3) is 22.5 Å². The number of tetrazole rings is 1. The van der Waals surface area contributed by atoms with Gasteiger partial charge in [0.25, 0.3) is 5.69 Å². The minimum atomic E-state index is -1.41. The number of ether oxygens (including phenoxy) is 3. The van der Waals surface area contributed by atoms with Crippen LogP contribution in [0.1, 0.15) is 129 Å². The van der Waals surface area contributed by atoms with Crippen LogP contribution in [0.15, 0.2) is 170 Å². The number of imidazole rings is 1. The zero-order valence-corrected chi connectivity index (χ0v) is 49.9. The van der Waals surface area contributed by atoms with Crippen LogP contribution >= 0.6 is 0 Å². The van der Waals surface area contributed by atoms with Gasteiger partial charge in [0.15, 0.2) is 23.8 Å². The lowest BCUT2D eigenvalue weighted by Gasteiger charge is -2.34. The number of likely N-dealkylation sites (N-methyl/N-ethyl adjacent to an activating group) is 1. The average Bonchev–Trinajstić information content (AvgIpc) is 3.79. The smallest absolute Gasteiger partial charge is 0.466 e. The molecule has 8 aromatic rings. The number of dihydropyridines is 1. The lowest BCUT2D eigenvalue weighted by Crippen LogP contribution is -2.42. The van der Waals surface area contributed by atoms with Gasteiger partial charge in [-0.15, -0.1) is 10.2 Å². The molecule has 9 rings (SSSR count). The van der Waals surface area contributed by atoms with Crippen molar-refractivity contribution in [2.75, 3.05) is 27.2 Å². The number of aryl methyl sites for hydroxylation is 2. The van der Waals surface area contributed by atoms with Crippen molar-refractivity contribution in [3.63, 3.8) is 0 Å². The number of benzene rings is 5. The number of hydrogen-bond donors (Lipinski definition) is 3. The van der Waals surface area contributed by atoms with Crippen LogP contribution in [-0.4, -0.2) is 95.9 Å². The van der Waals surface area contributed by atoms with E-state index < -0.39 is 45.8 Å². The Balaban J connectivity index is 0.000000224. The number of carbonyl (C=O) groups excluding carboxylic acids is 3. The number of aromatic amines is 1. The average molecular weight is 1170 g/mol. The number of methoxy groups -OCH3 is 1. The minimum absolute atomic E-state index is 0.115. The second-order valence-electron chi connectivity index (χ2n) is 22.1. The third-order valence-electron chi connectivity index (χ3n) is 14.6. The van der Waals surface area contributed by atoms with Gasteiger partial charge in [-0.1, -0.05) is 128 Å². The standard InChI is InChI=1S/C36H41N3O6.C29H30N6O6/c1-24-31(34(40)44-6)33(28-18-13-19-29(22-28)39(42)43)32(25(2)37-24)35(41)45-36(3,4)23-38(5)21-20-30(26-14-9-7-10-15-26)27-16-11-8-12-17-27;1-5-8-23-30-25(29(3,4)38)24(27(36)39-16-22-17(2)40-28(37)41-22)35(23)15-18-11-13-19(14-12-18)20-9-6-7-10-21(20)26-31-33-34-32-26/h7-19,22,30,33,37H,20-21,23H2,1-6H3;6-7,9-14,38H,5,8,15-16H2,1-4H3,(H,31,32,33,34). The molecule has 0 saturated heterocycles. The number of esters is 3. The first-order valence-corrected chi connectivity index (χ1v) is 28.1. The van der Waals surface area contributed by atoms with Crippen molar-refractivity contribution in [2.24, 2.45) is 0 Å². The number of carbonyl (C=O) groups is 3. The normalized spacial score (nSPS) is 13.5. The fourth-order valence-corrected chi connectivity index (χ4v) is 10.7. The summed E-state index contributed by atoms with van der Waals surface area (Å²) in [6.07, 6.45) is 2.23. The summed E-state index contributed by atoms with van der Waals surface area (Å²) < 4.78 is 28.3. The van der Waals surface area contributed by atoms with Gasteiger partial charge >= 0.3 is 23.7 Å². The molecule has 0 amide bonds. The second kappa shape index (κ2) is 27.4. The van der Waals surface area contributed by atoms with Gasteiger partial charge in [-0.3, -0.25) is 10.1 Å². The summed E-state index contributed by atoms with van der Waals surface area (Å²) in [5.41, 5.74) is 5.84. The van der Waals surface area contributed by atoms with Gasteiger partial charge in [0, 0.05) is 54.5 Å². The molecule has 0 radical (unpaired) electrons.